The fraction of sp³-hybridized carbons (Fsp3) is 0.318. The first-order chi connectivity index (χ1) is 13.9. The highest BCUT2D eigenvalue weighted by Crippen LogP contribution is 2.13. The van der Waals surface area contributed by atoms with E-state index in [-0.39, 0.29) is 18.8 Å². The second-order valence-corrected chi connectivity index (χ2v) is 6.19. The first-order valence-corrected chi connectivity index (χ1v) is 9.14. The molecule has 0 radical (unpaired) electrons. The molecule has 6 nitrogen and oxygen atoms in total. The van der Waals surface area contributed by atoms with Crippen molar-refractivity contribution in [3.63, 3.8) is 0 Å². The number of ether oxygens (including phenoxy) is 2. The van der Waals surface area contributed by atoms with Crippen LogP contribution in [0, 0.1) is 5.82 Å². The molecular weight excluding hydrogens is 375 g/mol. The van der Waals surface area contributed by atoms with Gasteiger partial charge in [-0.3, -0.25) is 4.79 Å². The second kappa shape index (κ2) is 13.4. The van der Waals surface area contributed by atoms with Gasteiger partial charge in [0, 0.05) is 25.8 Å². The summed E-state index contributed by atoms with van der Waals surface area (Å²) >= 11 is 0. The van der Waals surface area contributed by atoms with E-state index in [2.05, 4.69) is 18.0 Å². The van der Waals surface area contributed by atoms with E-state index < -0.39 is 18.1 Å². The smallest absolute Gasteiger partial charge is 0.253 e. The number of carbonyl (C=O) groups is 1. The van der Waals surface area contributed by atoms with Crippen molar-refractivity contribution in [2.24, 2.45) is 5.73 Å². The minimum Gasteiger partial charge on any atom is -0.497 e. The van der Waals surface area contributed by atoms with Crippen molar-refractivity contribution >= 4 is 11.6 Å². The molecule has 2 aromatic carbocycles. The molecule has 0 spiro atoms. The average molecular weight is 404 g/mol. The van der Waals surface area contributed by atoms with Gasteiger partial charge < -0.3 is 25.6 Å². The number of benzene rings is 2. The van der Waals surface area contributed by atoms with Gasteiger partial charge in [-0.25, -0.2) is 4.39 Å². The lowest BCUT2D eigenvalue weighted by molar-refractivity contribution is -0.127. The number of halogens is 1. The van der Waals surface area contributed by atoms with Crippen molar-refractivity contribution in [1.82, 2.24) is 0 Å². The number of aliphatic hydroxyl groups excluding tert-OH is 1. The van der Waals surface area contributed by atoms with Crippen LogP contribution in [0.2, 0.25) is 0 Å². The van der Waals surface area contributed by atoms with E-state index in [9.17, 15) is 14.3 Å². The van der Waals surface area contributed by atoms with Crippen molar-refractivity contribution in [3.05, 3.63) is 72.6 Å². The molecule has 0 heterocycles. The normalized spacial score (nSPS) is 12.2. The average Bonchev–Trinajstić information content (AvgIpc) is 2.74. The van der Waals surface area contributed by atoms with Crippen molar-refractivity contribution in [2.75, 3.05) is 26.1 Å². The Labute approximate surface area is 171 Å². The molecule has 0 aliphatic carbocycles. The minimum absolute atomic E-state index is 0.0592. The van der Waals surface area contributed by atoms with Gasteiger partial charge in [0.2, 0.25) is 0 Å². The second-order valence-electron chi connectivity index (χ2n) is 6.19. The number of nitrogens with one attached hydrogen (secondary N) is 1. The van der Waals surface area contributed by atoms with Gasteiger partial charge in [0.05, 0.1) is 13.2 Å². The number of rotatable bonds is 9. The van der Waals surface area contributed by atoms with Crippen LogP contribution in [0.25, 0.3) is 0 Å². The summed E-state index contributed by atoms with van der Waals surface area (Å²) < 4.78 is 22.7. The third-order valence-corrected chi connectivity index (χ3v) is 3.96. The zero-order chi connectivity index (χ0) is 21.6. The zero-order valence-electron chi connectivity index (χ0n) is 16.8. The number of anilines is 1. The fourth-order valence-electron chi connectivity index (χ4n) is 2.38. The van der Waals surface area contributed by atoms with Crippen LogP contribution in [0.5, 0.6) is 5.75 Å². The summed E-state index contributed by atoms with van der Waals surface area (Å²) in [5, 5.41) is 11.9. The Kier molecular flexibility index (Phi) is 11.3. The number of methoxy groups -OCH3 is 2. The van der Waals surface area contributed by atoms with Crippen LogP contribution in [-0.4, -0.2) is 44.0 Å². The summed E-state index contributed by atoms with van der Waals surface area (Å²) in [4.78, 5) is 11.8. The predicted octanol–water partition coefficient (Wildman–Crippen LogP) is 2.91. The van der Waals surface area contributed by atoms with Crippen LogP contribution in [-0.2, 0) is 16.0 Å². The molecule has 0 aliphatic rings. The number of hydrogen-bond donors (Lipinski definition) is 3. The number of hydrogen-bond acceptors (Lipinski definition) is 5. The first kappa shape index (κ1) is 24.3. The van der Waals surface area contributed by atoms with Gasteiger partial charge in [-0.2, -0.15) is 0 Å². The molecule has 4 N–H and O–H groups in total. The Morgan fingerprint density at radius 2 is 1.97 bits per heavy atom. The third kappa shape index (κ3) is 9.34. The van der Waals surface area contributed by atoms with E-state index >= 15 is 0 Å². The first-order valence-electron chi connectivity index (χ1n) is 9.14. The molecule has 0 fully saturated rings. The van der Waals surface area contributed by atoms with Crippen LogP contribution >= 0.6 is 0 Å². The number of amides is 1. The third-order valence-electron chi connectivity index (χ3n) is 3.96. The Morgan fingerprint density at radius 1 is 1.28 bits per heavy atom. The lowest BCUT2D eigenvalue weighted by Gasteiger charge is -2.17. The maximum Gasteiger partial charge on any atom is 0.253 e. The molecule has 0 bridgehead atoms. The largest absolute Gasteiger partial charge is 0.497 e. The summed E-state index contributed by atoms with van der Waals surface area (Å²) in [6, 6.07) is 13.4. The topological polar surface area (TPSA) is 93.8 Å². The van der Waals surface area contributed by atoms with Gasteiger partial charge in [-0.1, -0.05) is 18.2 Å². The van der Waals surface area contributed by atoms with Crippen molar-refractivity contribution < 1.29 is 23.8 Å². The monoisotopic (exact) mass is 404 g/mol. The van der Waals surface area contributed by atoms with Crippen LogP contribution in [0.15, 0.2) is 61.2 Å². The van der Waals surface area contributed by atoms with Gasteiger partial charge in [-0.15, -0.1) is 6.58 Å². The van der Waals surface area contributed by atoms with Gasteiger partial charge in [-0.05, 0) is 48.4 Å². The minimum atomic E-state index is -0.798. The van der Waals surface area contributed by atoms with Crippen molar-refractivity contribution in [1.29, 1.82) is 0 Å². The predicted molar refractivity (Wildman–Crippen MR) is 112 cm³/mol. The van der Waals surface area contributed by atoms with E-state index in [4.69, 9.17) is 15.2 Å². The summed E-state index contributed by atoms with van der Waals surface area (Å²) in [6.07, 6.45) is 1.30. The summed E-state index contributed by atoms with van der Waals surface area (Å²) in [6.45, 7) is 3.73. The number of allylic oxidation sites excluding steroid dienone is 1. The van der Waals surface area contributed by atoms with E-state index in [1.807, 2.05) is 24.3 Å². The highest BCUT2D eigenvalue weighted by atomic mass is 19.1. The maximum absolute atomic E-state index is 12.7. The van der Waals surface area contributed by atoms with Crippen LogP contribution in [0.1, 0.15) is 12.0 Å². The maximum atomic E-state index is 12.7. The quantitative estimate of drug-likeness (QED) is 0.559. The molecule has 1 unspecified atom stereocenters. The van der Waals surface area contributed by atoms with E-state index in [0.29, 0.717) is 5.69 Å². The molecule has 2 atom stereocenters. The molecule has 0 saturated heterocycles. The van der Waals surface area contributed by atoms with Gasteiger partial charge in [0.15, 0.2) is 0 Å². The summed E-state index contributed by atoms with van der Waals surface area (Å²) in [5.41, 5.74) is 6.96. The van der Waals surface area contributed by atoms with Crippen LogP contribution in [0.4, 0.5) is 10.1 Å². The number of nitrogens with two attached hydrogens (primary N) is 1. The standard InChI is InChI=1S/C12H17FN2O3.C10H12O/c1-18-11(6-10(16)7-14)12(17)15-9-4-2-8(13)3-5-9;1-3-5-9-6-4-7-10(8-9)11-2/h2-5,10-11,16H,6-7,14H2,1H3,(H,15,17);3-4,6-8H,1,5H2,2H3/t10?,11-;/m1./s1. The van der Waals surface area contributed by atoms with Gasteiger partial charge >= 0.3 is 0 Å². The van der Waals surface area contributed by atoms with E-state index in [0.717, 1.165) is 12.2 Å². The summed E-state index contributed by atoms with van der Waals surface area (Å²) in [7, 11) is 3.05. The molecule has 0 aromatic heterocycles. The number of aliphatic hydroxyl groups is 1. The fourth-order valence-corrected chi connectivity index (χ4v) is 2.38. The SMILES string of the molecule is C=CCc1cccc(OC)c1.CO[C@H](CC(O)CN)C(=O)Nc1ccc(F)cc1. The lowest BCUT2D eigenvalue weighted by Crippen LogP contribution is -2.35. The van der Waals surface area contributed by atoms with Gasteiger partial charge in [0.25, 0.3) is 5.91 Å². The van der Waals surface area contributed by atoms with Crippen LogP contribution in [0.3, 0.4) is 0 Å². The van der Waals surface area contributed by atoms with Crippen molar-refractivity contribution in [3.8, 4) is 5.75 Å². The van der Waals surface area contributed by atoms with Gasteiger partial charge in [0.1, 0.15) is 17.7 Å². The lowest BCUT2D eigenvalue weighted by atomic mass is 10.1. The molecule has 7 heteroatoms. The Balaban J connectivity index is 0.000000326. The molecule has 2 aromatic rings. The molecule has 0 aliphatic heterocycles. The number of carbonyl (C=O) groups excluding carboxylic acids is 1. The van der Waals surface area contributed by atoms with Crippen LogP contribution < -0.4 is 15.8 Å². The molecule has 29 heavy (non-hydrogen) atoms. The Morgan fingerprint density at radius 3 is 2.52 bits per heavy atom. The zero-order valence-corrected chi connectivity index (χ0v) is 16.8. The van der Waals surface area contributed by atoms with Crippen molar-refractivity contribution in [2.45, 2.75) is 25.0 Å². The highest BCUT2D eigenvalue weighted by Gasteiger charge is 2.21. The summed E-state index contributed by atoms with van der Waals surface area (Å²) in [5.74, 6) is 0.121. The molecule has 158 valence electrons. The Bertz CT molecular complexity index is 753. The Hall–Kier alpha value is -2.74. The molecular formula is C22H29FN2O4. The van der Waals surface area contributed by atoms with E-state index in [1.165, 1.54) is 36.9 Å². The molecule has 2 rings (SSSR count). The molecule has 1 amide bonds. The highest BCUT2D eigenvalue weighted by molar-refractivity contribution is 5.94. The molecule has 0 saturated carbocycles. The van der Waals surface area contributed by atoms with E-state index in [1.54, 1.807) is 7.11 Å².